The summed E-state index contributed by atoms with van der Waals surface area (Å²) in [6, 6.07) is 7.33. The Kier molecular flexibility index (Phi) is 10.9. The second-order valence-electron chi connectivity index (χ2n) is 9.45. The van der Waals surface area contributed by atoms with E-state index >= 15 is 0 Å². The summed E-state index contributed by atoms with van der Waals surface area (Å²) < 4.78 is 5.32. The molecule has 1 rings (SSSR count). The molecule has 8 heteroatoms. The van der Waals surface area contributed by atoms with Crippen molar-refractivity contribution in [3.8, 4) is 6.07 Å². The van der Waals surface area contributed by atoms with Gasteiger partial charge >= 0.3 is 6.09 Å². The van der Waals surface area contributed by atoms with E-state index in [0.29, 0.717) is 12.1 Å². The molecule has 0 aliphatic rings. The summed E-state index contributed by atoms with van der Waals surface area (Å²) in [5.74, 6) is -1.18. The maximum atomic E-state index is 13.6. The third kappa shape index (κ3) is 9.13. The van der Waals surface area contributed by atoms with Crippen LogP contribution < -0.4 is 10.6 Å². The van der Waals surface area contributed by atoms with Gasteiger partial charge in [0.1, 0.15) is 24.2 Å². The number of ether oxygens (including phenoxy) is 1. The second-order valence-corrected chi connectivity index (χ2v) is 9.45. The van der Waals surface area contributed by atoms with Crippen LogP contribution in [-0.4, -0.2) is 47.5 Å². The Morgan fingerprint density at radius 2 is 1.88 bits per heavy atom. The van der Waals surface area contributed by atoms with Crippen molar-refractivity contribution in [2.75, 3.05) is 13.1 Å². The van der Waals surface area contributed by atoms with Crippen LogP contribution in [0.25, 0.3) is 0 Å². The molecule has 0 aliphatic carbocycles. The molecule has 2 atom stereocenters. The van der Waals surface area contributed by atoms with Crippen molar-refractivity contribution in [3.63, 3.8) is 0 Å². The van der Waals surface area contributed by atoms with Gasteiger partial charge in [0.25, 0.3) is 0 Å². The van der Waals surface area contributed by atoms with Crippen molar-refractivity contribution in [1.82, 2.24) is 15.5 Å². The number of unbranched alkanes of at least 4 members (excludes halogenated alkanes) is 1. The van der Waals surface area contributed by atoms with Crippen molar-refractivity contribution < 1.29 is 19.1 Å². The first-order valence-electron chi connectivity index (χ1n) is 11.4. The molecule has 2 unspecified atom stereocenters. The highest BCUT2D eigenvalue weighted by atomic mass is 16.6. The average molecular weight is 459 g/mol. The molecule has 182 valence electrons. The first-order chi connectivity index (χ1) is 15.4. The number of carbonyl (C=O) groups is 3. The molecule has 0 aromatic heterocycles. The van der Waals surface area contributed by atoms with Crippen LogP contribution in [0.15, 0.2) is 24.3 Å². The van der Waals surface area contributed by atoms with E-state index in [1.807, 2.05) is 38.1 Å². The predicted molar refractivity (Wildman–Crippen MR) is 127 cm³/mol. The predicted octanol–water partition coefficient (Wildman–Crippen LogP) is 3.85. The summed E-state index contributed by atoms with van der Waals surface area (Å²) >= 11 is 0. The molecule has 0 saturated heterocycles. The van der Waals surface area contributed by atoms with Gasteiger partial charge in [0, 0.05) is 6.54 Å². The minimum absolute atomic E-state index is 0.299. The Labute approximate surface area is 197 Å². The average Bonchev–Trinajstić information content (AvgIpc) is 2.70. The van der Waals surface area contributed by atoms with Crippen LogP contribution in [0.5, 0.6) is 0 Å². The number of rotatable bonds is 10. The van der Waals surface area contributed by atoms with Gasteiger partial charge in [-0.2, -0.15) is 5.26 Å². The van der Waals surface area contributed by atoms with Crippen LogP contribution in [0, 0.1) is 24.2 Å². The van der Waals surface area contributed by atoms with Crippen LogP contribution in [0.3, 0.4) is 0 Å². The molecule has 8 nitrogen and oxygen atoms in total. The summed E-state index contributed by atoms with van der Waals surface area (Å²) in [5, 5.41) is 15.0. The van der Waals surface area contributed by atoms with Crippen LogP contribution in [0.4, 0.5) is 4.79 Å². The molecule has 1 aromatic rings. The monoisotopic (exact) mass is 458 g/mol. The molecule has 0 spiro atoms. The zero-order chi connectivity index (χ0) is 25.2. The number of nitrogens with one attached hydrogen (secondary N) is 2. The molecule has 0 heterocycles. The van der Waals surface area contributed by atoms with E-state index in [9.17, 15) is 19.6 Å². The van der Waals surface area contributed by atoms with Gasteiger partial charge in [-0.05, 0) is 45.6 Å². The highest BCUT2D eigenvalue weighted by Gasteiger charge is 2.37. The molecule has 3 amide bonds. The topological polar surface area (TPSA) is 112 Å². The van der Waals surface area contributed by atoms with E-state index in [0.717, 1.165) is 18.4 Å². The third-order valence-electron chi connectivity index (χ3n) is 4.88. The van der Waals surface area contributed by atoms with Crippen LogP contribution in [0.1, 0.15) is 71.6 Å². The number of amides is 3. The highest BCUT2D eigenvalue weighted by molar-refractivity contribution is 5.92. The number of hydrogen-bond donors (Lipinski definition) is 2. The molecule has 0 saturated carbocycles. The number of benzene rings is 1. The fourth-order valence-corrected chi connectivity index (χ4v) is 3.30. The number of alkyl carbamates (subject to hydrolysis) is 1. The first-order valence-corrected chi connectivity index (χ1v) is 11.4. The molecular formula is C25H38N4O4. The Balaban J connectivity index is 3.36. The lowest BCUT2D eigenvalue weighted by Gasteiger charge is -2.34. The summed E-state index contributed by atoms with van der Waals surface area (Å²) in [5.41, 5.74) is 0.799. The van der Waals surface area contributed by atoms with Gasteiger partial charge < -0.3 is 20.3 Å². The zero-order valence-electron chi connectivity index (χ0n) is 20.9. The molecule has 2 N–H and O–H groups in total. The molecule has 1 aromatic carbocycles. The first kappa shape index (κ1) is 28.0. The van der Waals surface area contributed by atoms with Crippen molar-refractivity contribution in [2.24, 2.45) is 5.92 Å². The smallest absolute Gasteiger partial charge is 0.408 e. The lowest BCUT2D eigenvalue weighted by atomic mass is 9.98. The summed E-state index contributed by atoms with van der Waals surface area (Å²) in [6.45, 7) is 12.8. The van der Waals surface area contributed by atoms with Crippen molar-refractivity contribution >= 4 is 17.9 Å². The number of nitriles is 1. The molecule has 33 heavy (non-hydrogen) atoms. The van der Waals surface area contributed by atoms with Crippen molar-refractivity contribution in [2.45, 2.75) is 79.0 Å². The van der Waals surface area contributed by atoms with Crippen LogP contribution in [-0.2, 0) is 14.3 Å². The van der Waals surface area contributed by atoms with Gasteiger partial charge in [-0.1, -0.05) is 57.0 Å². The van der Waals surface area contributed by atoms with E-state index < -0.39 is 29.7 Å². The quantitative estimate of drug-likeness (QED) is 0.409. The van der Waals surface area contributed by atoms with E-state index in [4.69, 9.17) is 4.74 Å². The van der Waals surface area contributed by atoms with E-state index in [-0.39, 0.29) is 18.4 Å². The van der Waals surface area contributed by atoms with Crippen molar-refractivity contribution in [1.29, 1.82) is 5.26 Å². The lowest BCUT2D eigenvalue weighted by molar-refractivity contribution is -0.142. The number of carbonyl (C=O) groups excluding carboxylic acids is 3. The number of hydrogen-bond acceptors (Lipinski definition) is 5. The number of nitrogens with zero attached hydrogens (tertiary/aromatic N) is 2. The van der Waals surface area contributed by atoms with Gasteiger partial charge in [-0.25, -0.2) is 4.79 Å². The molecule has 0 bridgehead atoms. The zero-order valence-corrected chi connectivity index (χ0v) is 20.9. The van der Waals surface area contributed by atoms with E-state index in [1.165, 1.54) is 4.90 Å². The van der Waals surface area contributed by atoms with Crippen LogP contribution in [0.2, 0.25) is 0 Å². The summed E-state index contributed by atoms with van der Waals surface area (Å²) in [6.07, 6.45) is 0.977. The number of aryl methyl sites for hydroxylation is 1. The fraction of sp³-hybridized carbons (Fsp3) is 0.600. The Morgan fingerprint density at radius 3 is 2.39 bits per heavy atom. The molecule has 0 fully saturated rings. The molecular weight excluding hydrogens is 420 g/mol. The summed E-state index contributed by atoms with van der Waals surface area (Å²) in [7, 11) is 0. The Morgan fingerprint density at radius 1 is 1.21 bits per heavy atom. The molecule has 0 aliphatic heterocycles. The maximum Gasteiger partial charge on any atom is 0.408 e. The van der Waals surface area contributed by atoms with Crippen molar-refractivity contribution in [3.05, 3.63) is 35.4 Å². The third-order valence-corrected chi connectivity index (χ3v) is 4.88. The highest BCUT2D eigenvalue weighted by Crippen LogP contribution is 2.24. The van der Waals surface area contributed by atoms with Gasteiger partial charge in [0.05, 0.1) is 6.07 Å². The fourth-order valence-electron chi connectivity index (χ4n) is 3.30. The molecule has 0 radical (unpaired) electrons. The van der Waals surface area contributed by atoms with Gasteiger partial charge in [0.2, 0.25) is 11.8 Å². The standard InChI is InChI=1S/C25H38N4O4/c1-8-9-14-27-22(30)21(19-12-10-11-18(4)16-19)29(15-13-26)23(31)20(17(2)3)28-24(32)33-25(5,6)7/h10-12,16-17,20-21H,8-9,14-15H2,1-7H3,(H,27,30)(H,28,32). The minimum Gasteiger partial charge on any atom is -0.444 e. The maximum absolute atomic E-state index is 13.6. The van der Waals surface area contributed by atoms with Gasteiger partial charge in [0.15, 0.2) is 0 Å². The largest absolute Gasteiger partial charge is 0.444 e. The Hall–Kier alpha value is -3.08. The SMILES string of the molecule is CCCCNC(=O)C(c1cccc(C)c1)N(CC#N)C(=O)C(NC(=O)OC(C)(C)C)C(C)C. The second kappa shape index (κ2) is 12.8. The van der Waals surface area contributed by atoms with Gasteiger partial charge in [-0.3, -0.25) is 9.59 Å². The lowest BCUT2D eigenvalue weighted by Crippen LogP contribution is -2.55. The normalized spacial score (nSPS) is 12.9. The Bertz CT molecular complexity index is 855. The van der Waals surface area contributed by atoms with Crippen LogP contribution >= 0.6 is 0 Å². The van der Waals surface area contributed by atoms with E-state index in [2.05, 4.69) is 10.6 Å². The van der Waals surface area contributed by atoms with Gasteiger partial charge in [-0.15, -0.1) is 0 Å². The summed E-state index contributed by atoms with van der Waals surface area (Å²) in [4.78, 5) is 40.5. The van der Waals surface area contributed by atoms with E-state index in [1.54, 1.807) is 40.7 Å². The minimum atomic E-state index is -1.00.